The first-order valence-corrected chi connectivity index (χ1v) is 9.60. The number of hydrogen-bond acceptors (Lipinski definition) is 4. The molecular formula is C16H18ClF3N4OS. The second kappa shape index (κ2) is 7.26. The normalized spacial score (nSPS) is 21.4. The van der Waals surface area contributed by atoms with E-state index in [9.17, 15) is 18.0 Å². The monoisotopic (exact) mass is 406 g/mol. The molecule has 142 valence electrons. The van der Waals surface area contributed by atoms with Crippen molar-refractivity contribution < 1.29 is 18.0 Å². The van der Waals surface area contributed by atoms with Crippen LogP contribution < -0.4 is 0 Å². The van der Waals surface area contributed by atoms with Gasteiger partial charge in [0.05, 0.1) is 16.3 Å². The largest absolute Gasteiger partial charge is 0.417 e. The Morgan fingerprint density at radius 3 is 2.58 bits per heavy atom. The Balaban J connectivity index is 1.81. The van der Waals surface area contributed by atoms with Crippen molar-refractivity contribution in [2.75, 3.05) is 5.75 Å². The number of piperidine rings is 1. The Bertz CT molecular complexity index is 816. The quantitative estimate of drug-likeness (QED) is 0.714. The van der Waals surface area contributed by atoms with Gasteiger partial charge in [0.15, 0.2) is 10.8 Å². The van der Waals surface area contributed by atoms with Crippen molar-refractivity contribution in [3.8, 4) is 0 Å². The lowest BCUT2D eigenvalue weighted by atomic mass is 9.98. The molecular weight excluding hydrogens is 389 g/mol. The molecule has 0 spiro atoms. The molecule has 2 unspecified atom stereocenters. The van der Waals surface area contributed by atoms with E-state index >= 15 is 0 Å². The molecule has 0 aliphatic carbocycles. The van der Waals surface area contributed by atoms with Gasteiger partial charge in [-0.25, -0.2) is 0 Å². The van der Waals surface area contributed by atoms with Crippen LogP contribution in [0, 0.1) is 0 Å². The minimum Gasteiger partial charge on any atom is -0.337 e. The van der Waals surface area contributed by atoms with Gasteiger partial charge in [-0.15, -0.1) is 10.2 Å². The van der Waals surface area contributed by atoms with E-state index in [0.717, 1.165) is 43.3 Å². The molecule has 1 saturated heterocycles. The van der Waals surface area contributed by atoms with Crippen LogP contribution in [0.1, 0.15) is 38.7 Å². The van der Waals surface area contributed by atoms with Crippen LogP contribution >= 0.6 is 23.4 Å². The van der Waals surface area contributed by atoms with Crippen molar-refractivity contribution in [1.82, 2.24) is 19.5 Å². The first kappa shape index (κ1) is 19.3. The third-order valence-electron chi connectivity index (χ3n) is 4.56. The van der Waals surface area contributed by atoms with Gasteiger partial charge >= 0.3 is 6.18 Å². The summed E-state index contributed by atoms with van der Waals surface area (Å²) in [5, 5.41) is 7.79. The number of hydrogen-bond donors (Lipinski definition) is 0. The summed E-state index contributed by atoms with van der Waals surface area (Å²) in [5.74, 6) is 0.0353. The first-order valence-electron chi connectivity index (χ1n) is 8.24. The highest BCUT2D eigenvalue weighted by molar-refractivity contribution is 7.99. The van der Waals surface area contributed by atoms with Gasteiger partial charge in [0.25, 0.3) is 0 Å². The smallest absolute Gasteiger partial charge is 0.337 e. The summed E-state index contributed by atoms with van der Waals surface area (Å²) in [5.41, 5.74) is -0.754. The molecule has 3 heterocycles. The highest BCUT2D eigenvalue weighted by Gasteiger charge is 2.33. The van der Waals surface area contributed by atoms with E-state index in [-0.39, 0.29) is 39.6 Å². The van der Waals surface area contributed by atoms with E-state index in [0.29, 0.717) is 0 Å². The number of thioether (sulfide) groups is 1. The molecule has 1 aliphatic heterocycles. The van der Waals surface area contributed by atoms with E-state index in [1.165, 1.54) is 4.40 Å². The number of carbonyl (C=O) groups is 1. The number of pyridine rings is 1. The second-order valence-electron chi connectivity index (χ2n) is 6.47. The summed E-state index contributed by atoms with van der Waals surface area (Å²) < 4.78 is 40.2. The predicted octanol–water partition coefficient (Wildman–Crippen LogP) is 4.28. The van der Waals surface area contributed by atoms with Crippen LogP contribution in [0.2, 0.25) is 5.02 Å². The average molecular weight is 407 g/mol. The summed E-state index contributed by atoms with van der Waals surface area (Å²) in [6.07, 6.45) is -0.621. The van der Waals surface area contributed by atoms with Crippen molar-refractivity contribution in [1.29, 1.82) is 0 Å². The molecule has 0 saturated carbocycles. The van der Waals surface area contributed by atoms with E-state index in [1.54, 1.807) is 0 Å². The number of likely N-dealkylation sites (tertiary alicyclic amines) is 1. The third-order valence-corrected chi connectivity index (χ3v) is 5.77. The molecule has 0 aromatic carbocycles. The number of fused-ring (bicyclic) bond motifs is 1. The summed E-state index contributed by atoms with van der Waals surface area (Å²) in [6.45, 7) is 4.03. The zero-order valence-electron chi connectivity index (χ0n) is 14.3. The fraction of sp³-hybridized carbons (Fsp3) is 0.562. The van der Waals surface area contributed by atoms with Gasteiger partial charge in [0.2, 0.25) is 5.91 Å². The minimum absolute atomic E-state index is 0.0514. The van der Waals surface area contributed by atoms with Crippen molar-refractivity contribution >= 4 is 34.9 Å². The lowest BCUT2D eigenvalue weighted by Gasteiger charge is -2.39. The number of alkyl halides is 3. The predicted molar refractivity (Wildman–Crippen MR) is 93.3 cm³/mol. The number of rotatable bonds is 3. The summed E-state index contributed by atoms with van der Waals surface area (Å²) >= 11 is 6.96. The van der Waals surface area contributed by atoms with E-state index in [4.69, 9.17) is 11.6 Å². The van der Waals surface area contributed by atoms with Gasteiger partial charge < -0.3 is 4.90 Å². The maximum Gasteiger partial charge on any atom is 0.417 e. The Hall–Kier alpha value is -1.48. The molecule has 0 radical (unpaired) electrons. The van der Waals surface area contributed by atoms with E-state index < -0.39 is 11.7 Å². The lowest BCUT2D eigenvalue weighted by molar-refractivity contribution is -0.138. The Kier molecular flexibility index (Phi) is 5.39. The molecule has 1 fully saturated rings. The summed E-state index contributed by atoms with van der Waals surface area (Å²) in [4.78, 5) is 14.4. The molecule has 5 nitrogen and oxygen atoms in total. The van der Waals surface area contributed by atoms with Gasteiger partial charge in [-0.05, 0) is 39.2 Å². The highest BCUT2D eigenvalue weighted by atomic mass is 35.5. The van der Waals surface area contributed by atoms with Gasteiger partial charge in [-0.3, -0.25) is 9.20 Å². The Labute approximate surface area is 157 Å². The topological polar surface area (TPSA) is 50.5 Å². The number of carbonyl (C=O) groups excluding carboxylic acids is 1. The average Bonchev–Trinajstić information content (AvgIpc) is 2.95. The molecule has 26 heavy (non-hydrogen) atoms. The van der Waals surface area contributed by atoms with E-state index in [1.807, 2.05) is 18.7 Å². The lowest BCUT2D eigenvalue weighted by Crippen LogP contribution is -2.48. The minimum atomic E-state index is -4.53. The molecule has 2 aromatic rings. The molecule has 3 rings (SSSR count). The van der Waals surface area contributed by atoms with Gasteiger partial charge in [0.1, 0.15) is 0 Å². The van der Waals surface area contributed by atoms with E-state index in [2.05, 4.69) is 10.2 Å². The number of amides is 1. The van der Waals surface area contributed by atoms with Crippen LogP contribution in [0.4, 0.5) is 13.2 Å². The maximum atomic E-state index is 13.0. The fourth-order valence-corrected chi connectivity index (χ4v) is 4.33. The third kappa shape index (κ3) is 3.78. The standard InChI is InChI=1S/C16H18ClF3N4OS/c1-9-4-3-5-10(2)24(9)13(25)8-26-15-22-21-14-12(17)6-11(7-23(14)15)16(18,19)20/h6-7,9-10H,3-5,8H2,1-2H3. The number of nitrogens with zero attached hydrogens (tertiary/aromatic N) is 4. The maximum absolute atomic E-state index is 13.0. The van der Waals surface area contributed by atoms with Crippen molar-refractivity contribution in [2.45, 2.75) is 56.5 Å². The van der Waals surface area contributed by atoms with Crippen molar-refractivity contribution in [3.63, 3.8) is 0 Å². The van der Waals surface area contributed by atoms with Crippen LogP contribution in [0.3, 0.4) is 0 Å². The highest BCUT2D eigenvalue weighted by Crippen LogP contribution is 2.33. The second-order valence-corrected chi connectivity index (χ2v) is 7.82. The molecule has 2 aromatic heterocycles. The molecule has 2 atom stereocenters. The van der Waals surface area contributed by atoms with Crippen LogP contribution in [0.25, 0.3) is 5.65 Å². The van der Waals surface area contributed by atoms with Crippen molar-refractivity contribution in [3.05, 3.63) is 22.8 Å². The Morgan fingerprint density at radius 2 is 1.96 bits per heavy atom. The molecule has 1 amide bonds. The van der Waals surface area contributed by atoms with Crippen LogP contribution in [-0.2, 0) is 11.0 Å². The number of halogens is 4. The zero-order chi connectivity index (χ0) is 19.1. The van der Waals surface area contributed by atoms with Gasteiger partial charge in [0, 0.05) is 18.3 Å². The number of aromatic nitrogens is 3. The summed E-state index contributed by atoms with van der Waals surface area (Å²) in [7, 11) is 0. The van der Waals surface area contributed by atoms with Crippen LogP contribution in [0.15, 0.2) is 17.4 Å². The van der Waals surface area contributed by atoms with Crippen molar-refractivity contribution in [2.24, 2.45) is 0 Å². The molecule has 1 aliphatic rings. The van der Waals surface area contributed by atoms with Gasteiger partial charge in [-0.2, -0.15) is 13.2 Å². The van der Waals surface area contributed by atoms with Gasteiger partial charge in [-0.1, -0.05) is 23.4 Å². The SMILES string of the molecule is CC1CCCC(C)N1C(=O)CSc1nnc2c(Cl)cc(C(F)(F)F)cn12. The van der Waals surface area contributed by atoms with Crippen LogP contribution in [0.5, 0.6) is 0 Å². The molecule has 10 heteroatoms. The molecule has 0 bridgehead atoms. The first-order chi connectivity index (χ1) is 12.2. The Morgan fingerprint density at radius 1 is 1.31 bits per heavy atom. The van der Waals surface area contributed by atoms with Crippen LogP contribution in [-0.4, -0.2) is 43.2 Å². The molecule has 0 N–H and O–H groups in total. The summed E-state index contributed by atoms with van der Waals surface area (Å²) in [6, 6.07) is 1.14. The zero-order valence-corrected chi connectivity index (χ0v) is 15.8. The fourth-order valence-electron chi connectivity index (χ4n) is 3.30.